The summed E-state index contributed by atoms with van der Waals surface area (Å²) in [6.07, 6.45) is 8.72. The molecular weight excluding hydrogens is 735 g/mol. The first-order chi connectivity index (χ1) is 20.9. The fourth-order valence-corrected chi connectivity index (χ4v) is 6.16. The van der Waals surface area contributed by atoms with Crippen molar-refractivity contribution in [3.63, 3.8) is 0 Å². The molecule has 0 saturated heterocycles. The molecule has 239 valence electrons. The normalized spacial score (nSPS) is 14.1. The molecule has 2 aromatic heterocycles. The summed E-state index contributed by atoms with van der Waals surface area (Å²) in [6, 6.07) is 19.3. The van der Waals surface area contributed by atoms with Gasteiger partial charge in [0, 0.05) is 49.6 Å². The zero-order chi connectivity index (χ0) is 31.7. The van der Waals surface area contributed by atoms with Crippen LogP contribution in [0.3, 0.4) is 0 Å². The third-order valence-electron chi connectivity index (χ3n) is 8.87. The summed E-state index contributed by atoms with van der Waals surface area (Å²) in [5, 5.41) is 14.0. The van der Waals surface area contributed by atoms with Gasteiger partial charge in [0.1, 0.15) is 5.58 Å². The van der Waals surface area contributed by atoms with Gasteiger partial charge in [-0.25, -0.2) is 0 Å². The number of hydrogen-bond donors (Lipinski definition) is 1. The molecule has 5 aromatic rings. The number of hydrogen-bond acceptors (Lipinski definition) is 4. The fourth-order valence-electron chi connectivity index (χ4n) is 6.16. The predicted molar refractivity (Wildman–Crippen MR) is 183 cm³/mol. The minimum Gasteiger partial charge on any atom is -0.512 e. The van der Waals surface area contributed by atoms with Crippen LogP contribution >= 0.6 is 0 Å². The Morgan fingerprint density at radius 3 is 2.24 bits per heavy atom. The Kier molecular flexibility index (Phi) is 11.1. The molecule has 3 aromatic carbocycles. The Hall–Kier alpha value is -3.27. The molecule has 1 aliphatic rings. The Bertz CT molecular complexity index is 1850. The molecule has 0 aliphatic heterocycles. The molecule has 1 aliphatic carbocycles. The molecule has 1 radical (unpaired) electrons. The molecule has 2 heterocycles. The number of allylic oxidation sites excluding steroid dienone is 2. The van der Waals surface area contributed by atoms with Gasteiger partial charge >= 0.3 is 0 Å². The Morgan fingerprint density at radius 1 is 0.911 bits per heavy atom. The summed E-state index contributed by atoms with van der Waals surface area (Å²) in [7, 11) is 0. The number of nitrogens with zero attached hydrogens (tertiary/aromatic N) is 1. The molecule has 1 saturated carbocycles. The molecule has 0 atom stereocenters. The van der Waals surface area contributed by atoms with Crippen molar-refractivity contribution in [2.45, 2.75) is 92.9 Å². The number of aliphatic hydroxyl groups excluding tert-OH is 1. The van der Waals surface area contributed by atoms with Crippen molar-refractivity contribution in [2.24, 2.45) is 11.8 Å². The van der Waals surface area contributed by atoms with E-state index in [2.05, 4.69) is 82.4 Å². The first-order valence-corrected chi connectivity index (χ1v) is 16.2. The predicted octanol–water partition coefficient (Wildman–Crippen LogP) is 11.3. The van der Waals surface area contributed by atoms with Crippen LogP contribution in [0.25, 0.3) is 44.0 Å². The van der Waals surface area contributed by atoms with E-state index in [1.54, 1.807) is 0 Å². The zero-order valence-corrected chi connectivity index (χ0v) is 30.3. The number of aliphatic hydroxyl groups is 1. The molecule has 0 bridgehead atoms. The van der Waals surface area contributed by atoms with Crippen molar-refractivity contribution >= 4 is 38.5 Å². The second-order valence-electron chi connectivity index (χ2n) is 13.5. The molecule has 6 rings (SSSR count). The Balaban J connectivity index is 0.000000332. The van der Waals surface area contributed by atoms with Crippen LogP contribution in [-0.4, -0.2) is 15.9 Å². The minimum absolute atomic E-state index is 0. The molecular formula is C40H46IrNO3-. The van der Waals surface area contributed by atoms with Gasteiger partial charge < -0.3 is 14.5 Å². The van der Waals surface area contributed by atoms with Crippen molar-refractivity contribution in [3.8, 4) is 11.3 Å². The van der Waals surface area contributed by atoms with Gasteiger partial charge in [0.25, 0.3) is 0 Å². The molecule has 45 heavy (non-hydrogen) atoms. The number of pyridine rings is 1. The maximum atomic E-state index is 11.0. The Labute approximate surface area is 281 Å². The topological polar surface area (TPSA) is 63.3 Å². The smallest absolute Gasteiger partial charge is 0.161 e. The van der Waals surface area contributed by atoms with Crippen LogP contribution in [0.2, 0.25) is 0 Å². The minimum atomic E-state index is -0.0316. The monoisotopic (exact) mass is 781 g/mol. The number of furan rings is 1. The summed E-state index contributed by atoms with van der Waals surface area (Å²) in [6.45, 7) is 16.1. The molecule has 0 spiro atoms. The SMILES string of the molecule is CC(C)C(=O)/C=C(\O)C(C)C.Cc1[c-]c(-c2ncc(C(C)C)c3cc(C4CCCC4)ccc23)c2oc3cc(C)ccc3c2c1.[Ir]. The van der Waals surface area contributed by atoms with E-state index in [1.807, 2.05) is 27.7 Å². The summed E-state index contributed by atoms with van der Waals surface area (Å²) in [5.41, 5.74) is 8.85. The van der Waals surface area contributed by atoms with E-state index in [0.717, 1.165) is 38.8 Å². The van der Waals surface area contributed by atoms with Gasteiger partial charge in [0.05, 0.1) is 11.3 Å². The van der Waals surface area contributed by atoms with Crippen LogP contribution in [0.1, 0.15) is 101 Å². The number of fused-ring (bicyclic) bond motifs is 4. The van der Waals surface area contributed by atoms with Crippen LogP contribution < -0.4 is 0 Å². The van der Waals surface area contributed by atoms with E-state index < -0.39 is 0 Å². The Morgan fingerprint density at radius 2 is 1.60 bits per heavy atom. The summed E-state index contributed by atoms with van der Waals surface area (Å²) >= 11 is 0. The van der Waals surface area contributed by atoms with Crippen LogP contribution in [0.4, 0.5) is 0 Å². The van der Waals surface area contributed by atoms with Crippen LogP contribution in [0, 0.1) is 31.7 Å². The first kappa shape index (κ1) is 34.6. The van der Waals surface area contributed by atoms with Gasteiger partial charge in [0.15, 0.2) is 5.78 Å². The zero-order valence-electron chi connectivity index (χ0n) is 27.9. The molecule has 0 unspecified atom stereocenters. The number of aryl methyl sites for hydroxylation is 2. The molecule has 4 nitrogen and oxygen atoms in total. The van der Waals surface area contributed by atoms with Crippen LogP contribution in [0.5, 0.6) is 0 Å². The van der Waals surface area contributed by atoms with Crippen molar-refractivity contribution in [3.05, 3.63) is 88.8 Å². The van der Waals surface area contributed by atoms with Crippen LogP contribution in [0.15, 0.2) is 64.9 Å². The van der Waals surface area contributed by atoms with Crippen molar-refractivity contribution < 1.29 is 34.4 Å². The quantitative estimate of drug-likeness (QED) is 0.106. The van der Waals surface area contributed by atoms with E-state index >= 15 is 0 Å². The summed E-state index contributed by atoms with van der Waals surface area (Å²) < 4.78 is 6.43. The maximum Gasteiger partial charge on any atom is 0.161 e. The summed E-state index contributed by atoms with van der Waals surface area (Å²) in [4.78, 5) is 16.0. The van der Waals surface area contributed by atoms with Gasteiger partial charge in [-0.15, -0.1) is 17.7 Å². The van der Waals surface area contributed by atoms with Crippen molar-refractivity contribution in [2.75, 3.05) is 0 Å². The number of carbonyl (C=O) groups excluding carboxylic acids is 1. The second-order valence-corrected chi connectivity index (χ2v) is 13.5. The third-order valence-corrected chi connectivity index (χ3v) is 8.87. The maximum absolute atomic E-state index is 11.0. The molecule has 0 amide bonds. The molecule has 1 fully saturated rings. The van der Waals surface area contributed by atoms with Gasteiger partial charge in [-0.3, -0.25) is 4.79 Å². The number of ketones is 1. The van der Waals surface area contributed by atoms with Crippen LogP contribution in [-0.2, 0) is 24.9 Å². The van der Waals surface area contributed by atoms with E-state index in [-0.39, 0.29) is 43.5 Å². The number of carbonyl (C=O) groups is 1. The van der Waals surface area contributed by atoms with E-state index in [9.17, 15) is 9.90 Å². The standard InChI is InChI=1S/C31H30NO.C9H16O2.Ir/c1-18(2)28-17-32-30(24-12-10-22(16-25(24)28)21-7-5-6-8-21)27-14-20(4)13-26-23-11-9-19(3)15-29(23)33-31(26)27;1-6(2)8(10)5-9(11)7(3)4;/h9-13,15-18,21H,5-8H2,1-4H3;5-7,10H,1-4H3;/q-1;;/b;8-5-;. The molecule has 5 heteroatoms. The third kappa shape index (κ3) is 7.42. The van der Waals surface area contributed by atoms with Crippen molar-refractivity contribution in [1.82, 2.24) is 4.98 Å². The van der Waals surface area contributed by atoms with Gasteiger partial charge in [-0.1, -0.05) is 103 Å². The van der Waals surface area contributed by atoms with Gasteiger partial charge in [-0.05, 0) is 70.8 Å². The number of aromatic nitrogens is 1. The van der Waals surface area contributed by atoms with Crippen molar-refractivity contribution in [1.29, 1.82) is 0 Å². The number of benzene rings is 3. The van der Waals surface area contributed by atoms with Gasteiger partial charge in [0.2, 0.25) is 0 Å². The first-order valence-electron chi connectivity index (χ1n) is 16.2. The molecule has 1 N–H and O–H groups in total. The van der Waals surface area contributed by atoms with E-state index in [4.69, 9.17) is 9.40 Å². The average molecular weight is 781 g/mol. The number of rotatable bonds is 6. The largest absolute Gasteiger partial charge is 0.512 e. The summed E-state index contributed by atoms with van der Waals surface area (Å²) in [5.74, 6) is 1.28. The second kappa shape index (κ2) is 14.4. The van der Waals surface area contributed by atoms with E-state index in [0.29, 0.717) is 11.8 Å². The van der Waals surface area contributed by atoms with Gasteiger partial charge in [-0.2, -0.15) is 0 Å². The average Bonchev–Trinajstić information content (AvgIpc) is 3.64. The van der Waals surface area contributed by atoms with E-state index in [1.165, 1.54) is 59.2 Å². The fraction of sp³-hybridized carbons (Fsp3) is 0.400.